The third-order valence-corrected chi connectivity index (χ3v) is 5.90. The summed E-state index contributed by atoms with van der Waals surface area (Å²) in [7, 11) is 0. The molecular weight excluding hydrogens is 344 g/mol. The smallest absolute Gasteiger partial charge is 0.157 e. The molecule has 0 aromatic heterocycles. The zero-order chi connectivity index (χ0) is 19.0. The number of rotatable bonds is 8. The summed E-state index contributed by atoms with van der Waals surface area (Å²) in [5.41, 5.74) is 7.21. The Kier molecular flexibility index (Phi) is 6.96. The van der Waals surface area contributed by atoms with Crippen LogP contribution in [0.5, 0.6) is 0 Å². The van der Waals surface area contributed by atoms with Crippen LogP contribution in [0.15, 0.2) is 48.5 Å². The first-order valence-electron chi connectivity index (χ1n) is 11.0. The third kappa shape index (κ3) is 5.33. The lowest BCUT2D eigenvalue weighted by atomic mass is 9.87. The van der Waals surface area contributed by atoms with Gasteiger partial charge in [-0.1, -0.05) is 61.0 Å². The highest BCUT2D eigenvalue weighted by atomic mass is 16.7. The third-order valence-electron chi connectivity index (χ3n) is 5.90. The molecule has 2 heteroatoms. The van der Waals surface area contributed by atoms with Gasteiger partial charge in [-0.05, 0) is 79.2 Å². The van der Waals surface area contributed by atoms with E-state index in [1.807, 2.05) is 0 Å². The Morgan fingerprint density at radius 3 is 2.71 bits per heavy atom. The minimum atomic E-state index is 0.0585. The Morgan fingerprint density at radius 2 is 1.86 bits per heavy atom. The summed E-state index contributed by atoms with van der Waals surface area (Å²) in [6.07, 6.45) is 13.0. The van der Waals surface area contributed by atoms with Gasteiger partial charge in [0, 0.05) is 13.2 Å². The zero-order valence-corrected chi connectivity index (χ0v) is 16.9. The number of benzene rings is 2. The molecule has 4 rings (SSSR count). The minimum Gasteiger partial charge on any atom is -0.353 e. The van der Waals surface area contributed by atoms with Gasteiger partial charge < -0.3 is 9.47 Å². The standard InChI is InChI=1S/C26H32O2/c1-4-10-22(11-5-1)24-16-15-23-19-21(13-14-25(23)20-24)9-3-2-7-17-27-26-12-6-8-18-28-26/h1,4-5,10-11,13-14,19-20,26H,2-3,6-9,12,15-18H2. The van der Waals surface area contributed by atoms with Gasteiger partial charge in [0.1, 0.15) is 0 Å². The van der Waals surface area contributed by atoms with Crippen molar-refractivity contribution in [3.05, 3.63) is 70.8 Å². The van der Waals surface area contributed by atoms with E-state index in [0.29, 0.717) is 0 Å². The molecule has 0 saturated carbocycles. The van der Waals surface area contributed by atoms with Gasteiger partial charge in [0.25, 0.3) is 0 Å². The number of hydrogen-bond acceptors (Lipinski definition) is 2. The Hall–Kier alpha value is -1.90. The molecule has 1 heterocycles. The maximum Gasteiger partial charge on any atom is 0.157 e. The molecule has 0 N–H and O–H groups in total. The molecule has 1 fully saturated rings. The fraction of sp³-hybridized carbons (Fsp3) is 0.462. The second kappa shape index (κ2) is 10.0. The minimum absolute atomic E-state index is 0.0585. The van der Waals surface area contributed by atoms with E-state index in [2.05, 4.69) is 54.6 Å². The van der Waals surface area contributed by atoms with Gasteiger partial charge in [0.15, 0.2) is 6.29 Å². The zero-order valence-electron chi connectivity index (χ0n) is 16.9. The molecular formula is C26H32O2. The van der Waals surface area contributed by atoms with Crippen molar-refractivity contribution in [3.8, 4) is 0 Å². The van der Waals surface area contributed by atoms with Gasteiger partial charge >= 0.3 is 0 Å². The maximum absolute atomic E-state index is 5.83. The molecule has 1 unspecified atom stereocenters. The van der Waals surface area contributed by atoms with Gasteiger partial charge in [0.05, 0.1) is 0 Å². The van der Waals surface area contributed by atoms with Crippen LogP contribution in [0.4, 0.5) is 0 Å². The van der Waals surface area contributed by atoms with Gasteiger partial charge in [-0.15, -0.1) is 0 Å². The predicted octanol–water partition coefficient (Wildman–Crippen LogP) is 6.43. The molecule has 28 heavy (non-hydrogen) atoms. The Labute approximate surface area is 169 Å². The first-order chi connectivity index (χ1) is 13.9. The highest BCUT2D eigenvalue weighted by Crippen LogP contribution is 2.31. The van der Waals surface area contributed by atoms with Crippen LogP contribution in [0.2, 0.25) is 0 Å². The van der Waals surface area contributed by atoms with E-state index in [1.165, 1.54) is 59.9 Å². The topological polar surface area (TPSA) is 18.5 Å². The predicted molar refractivity (Wildman–Crippen MR) is 116 cm³/mol. The summed E-state index contributed by atoms with van der Waals surface area (Å²) in [4.78, 5) is 0. The molecule has 2 aromatic rings. The molecule has 0 radical (unpaired) electrons. The van der Waals surface area contributed by atoms with Crippen molar-refractivity contribution in [1.29, 1.82) is 0 Å². The van der Waals surface area contributed by atoms with Crippen molar-refractivity contribution >= 4 is 11.6 Å². The Balaban J connectivity index is 1.22. The summed E-state index contributed by atoms with van der Waals surface area (Å²) < 4.78 is 11.4. The number of unbranched alkanes of at least 4 members (excludes halogenated alkanes) is 2. The average Bonchev–Trinajstić information content (AvgIpc) is 2.77. The van der Waals surface area contributed by atoms with Gasteiger partial charge in [-0.2, -0.15) is 0 Å². The van der Waals surface area contributed by atoms with Gasteiger partial charge in [0.2, 0.25) is 0 Å². The maximum atomic E-state index is 5.83. The number of aryl methyl sites for hydroxylation is 2. The molecule has 0 spiro atoms. The van der Waals surface area contributed by atoms with E-state index in [4.69, 9.17) is 9.47 Å². The average molecular weight is 377 g/mol. The fourth-order valence-corrected chi connectivity index (χ4v) is 4.25. The van der Waals surface area contributed by atoms with Crippen LogP contribution >= 0.6 is 0 Å². The Morgan fingerprint density at radius 1 is 0.929 bits per heavy atom. The van der Waals surface area contributed by atoms with Crippen LogP contribution in [0.25, 0.3) is 11.6 Å². The van der Waals surface area contributed by atoms with E-state index in [0.717, 1.165) is 38.9 Å². The normalized spacial score (nSPS) is 19.1. The molecule has 2 aliphatic rings. The molecule has 0 bridgehead atoms. The van der Waals surface area contributed by atoms with Crippen LogP contribution in [0, 0.1) is 0 Å². The number of hydrogen-bond donors (Lipinski definition) is 0. The molecule has 1 aliphatic heterocycles. The summed E-state index contributed by atoms with van der Waals surface area (Å²) in [5.74, 6) is 0. The molecule has 0 amide bonds. The van der Waals surface area contributed by atoms with E-state index in [9.17, 15) is 0 Å². The lowest BCUT2D eigenvalue weighted by Gasteiger charge is -2.22. The second-order valence-corrected chi connectivity index (χ2v) is 8.05. The second-order valence-electron chi connectivity index (χ2n) is 8.05. The van der Waals surface area contributed by atoms with Crippen LogP contribution in [0.1, 0.15) is 67.2 Å². The van der Waals surface area contributed by atoms with E-state index in [1.54, 1.807) is 0 Å². The van der Waals surface area contributed by atoms with Crippen molar-refractivity contribution in [3.63, 3.8) is 0 Å². The van der Waals surface area contributed by atoms with Crippen molar-refractivity contribution in [2.75, 3.05) is 13.2 Å². The number of ether oxygens (including phenoxy) is 2. The summed E-state index contributed by atoms with van der Waals surface area (Å²) >= 11 is 0. The quantitative estimate of drug-likeness (QED) is 0.494. The first kappa shape index (κ1) is 19.4. The van der Waals surface area contributed by atoms with Crippen molar-refractivity contribution in [2.24, 2.45) is 0 Å². The largest absolute Gasteiger partial charge is 0.353 e. The van der Waals surface area contributed by atoms with Crippen molar-refractivity contribution in [1.82, 2.24) is 0 Å². The summed E-state index contributed by atoms with van der Waals surface area (Å²) in [6, 6.07) is 17.8. The highest BCUT2D eigenvalue weighted by molar-refractivity contribution is 5.84. The first-order valence-corrected chi connectivity index (χ1v) is 11.0. The molecule has 1 atom stereocenters. The van der Waals surface area contributed by atoms with Crippen LogP contribution in [0.3, 0.4) is 0 Å². The lowest BCUT2D eigenvalue weighted by molar-refractivity contribution is -0.162. The fourth-order valence-electron chi connectivity index (χ4n) is 4.25. The van der Waals surface area contributed by atoms with E-state index < -0.39 is 0 Å². The van der Waals surface area contributed by atoms with Crippen LogP contribution < -0.4 is 0 Å². The summed E-state index contributed by atoms with van der Waals surface area (Å²) in [6.45, 7) is 1.70. The van der Waals surface area contributed by atoms with Crippen molar-refractivity contribution in [2.45, 2.75) is 64.1 Å². The number of fused-ring (bicyclic) bond motifs is 1. The van der Waals surface area contributed by atoms with Gasteiger partial charge in [-0.25, -0.2) is 0 Å². The summed E-state index contributed by atoms with van der Waals surface area (Å²) in [5, 5.41) is 0. The molecule has 2 nitrogen and oxygen atoms in total. The highest BCUT2D eigenvalue weighted by Gasteiger charge is 2.14. The molecule has 1 aliphatic carbocycles. The van der Waals surface area contributed by atoms with Crippen LogP contribution in [-0.2, 0) is 22.3 Å². The monoisotopic (exact) mass is 376 g/mol. The lowest BCUT2D eigenvalue weighted by Crippen LogP contribution is -2.22. The molecule has 2 aromatic carbocycles. The Bertz CT molecular complexity index is 772. The number of allylic oxidation sites excluding steroid dienone is 1. The molecule has 148 valence electrons. The van der Waals surface area contributed by atoms with E-state index >= 15 is 0 Å². The van der Waals surface area contributed by atoms with Crippen molar-refractivity contribution < 1.29 is 9.47 Å². The van der Waals surface area contributed by atoms with Gasteiger partial charge in [-0.3, -0.25) is 0 Å². The van der Waals surface area contributed by atoms with Crippen LogP contribution in [-0.4, -0.2) is 19.5 Å². The molecule has 1 saturated heterocycles. The van der Waals surface area contributed by atoms with E-state index in [-0.39, 0.29) is 6.29 Å². The SMILES string of the molecule is C1=C(c2ccccc2)CCc2cc(CCCCCOC3CCCCO3)ccc21.